The first kappa shape index (κ1) is 13.0. The van der Waals surface area contributed by atoms with Gasteiger partial charge in [0.25, 0.3) is 5.91 Å². The minimum atomic E-state index is -0.287. The molecule has 0 heterocycles. The molecule has 0 N–H and O–H groups in total. The maximum atomic E-state index is 12.7. The van der Waals surface area contributed by atoms with Crippen molar-refractivity contribution in [1.82, 2.24) is 0 Å². The SMILES string of the molecule is CN(C(=O)/C=C/c1ccc(F)cc1)c1ccccc1. The molecule has 3 heteroatoms. The molecule has 0 atom stereocenters. The Kier molecular flexibility index (Phi) is 4.08. The van der Waals surface area contributed by atoms with Crippen molar-refractivity contribution in [3.63, 3.8) is 0 Å². The van der Waals surface area contributed by atoms with E-state index in [0.717, 1.165) is 11.3 Å². The van der Waals surface area contributed by atoms with Crippen molar-refractivity contribution in [1.29, 1.82) is 0 Å². The molecule has 0 aliphatic rings. The lowest BCUT2D eigenvalue weighted by molar-refractivity contribution is -0.113. The van der Waals surface area contributed by atoms with Gasteiger partial charge in [-0.05, 0) is 35.9 Å². The summed E-state index contributed by atoms with van der Waals surface area (Å²) in [7, 11) is 1.71. The first-order valence-electron chi connectivity index (χ1n) is 5.93. The minimum absolute atomic E-state index is 0.129. The van der Waals surface area contributed by atoms with E-state index in [1.165, 1.54) is 18.2 Å². The molecule has 0 saturated carbocycles. The molecule has 96 valence electrons. The van der Waals surface area contributed by atoms with Gasteiger partial charge in [-0.15, -0.1) is 0 Å². The topological polar surface area (TPSA) is 20.3 Å². The Morgan fingerprint density at radius 2 is 1.68 bits per heavy atom. The van der Waals surface area contributed by atoms with Crippen molar-refractivity contribution >= 4 is 17.7 Å². The van der Waals surface area contributed by atoms with E-state index in [2.05, 4.69) is 0 Å². The zero-order valence-corrected chi connectivity index (χ0v) is 10.6. The van der Waals surface area contributed by atoms with E-state index in [1.54, 1.807) is 30.2 Å². The van der Waals surface area contributed by atoms with Crippen LogP contribution in [0.5, 0.6) is 0 Å². The number of hydrogen-bond acceptors (Lipinski definition) is 1. The first-order chi connectivity index (χ1) is 9.16. The molecule has 2 nitrogen and oxygen atoms in total. The van der Waals surface area contributed by atoms with E-state index in [9.17, 15) is 9.18 Å². The highest BCUT2D eigenvalue weighted by molar-refractivity contribution is 6.03. The molecular formula is C16H14FNO. The highest BCUT2D eigenvalue weighted by Gasteiger charge is 2.06. The lowest BCUT2D eigenvalue weighted by Crippen LogP contribution is -2.23. The largest absolute Gasteiger partial charge is 0.312 e. The maximum absolute atomic E-state index is 12.7. The van der Waals surface area contributed by atoms with Crippen molar-refractivity contribution in [2.24, 2.45) is 0 Å². The van der Waals surface area contributed by atoms with E-state index in [4.69, 9.17) is 0 Å². The Bertz CT molecular complexity index is 575. The van der Waals surface area contributed by atoms with Gasteiger partial charge in [0, 0.05) is 18.8 Å². The average Bonchev–Trinajstić information content (AvgIpc) is 2.46. The van der Waals surface area contributed by atoms with Gasteiger partial charge in [-0.1, -0.05) is 30.3 Å². The van der Waals surface area contributed by atoms with Crippen LogP contribution >= 0.6 is 0 Å². The summed E-state index contributed by atoms with van der Waals surface area (Å²) in [5.41, 5.74) is 1.62. The minimum Gasteiger partial charge on any atom is -0.312 e. The molecule has 19 heavy (non-hydrogen) atoms. The third kappa shape index (κ3) is 3.52. The van der Waals surface area contributed by atoms with Gasteiger partial charge in [0.1, 0.15) is 5.82 Å². The Labute approximate surface area is 111 Å². The van der Waals surface area contributed by atoms with Crippen LogP contribution in [0.3, 0.4) is 0 Å². The number of para-hydroxylation sites is 1. The molecule has 0 bridgehead atoms. The zero-order chi connectivity index (χ0) is 13.7. The number of anilines is 1. The van der Waals surface area contributed by atoms with Gasteiger partial charge in [0.05, 0.1) is 0 Å². The van der Waals surface area contributed by atoms with E-state index in [-0.39, 0.29) is 11.7 Å². The van der Waals surface area contributed by atoms with Crippen LogP contribution in [0.4, 0.5) is 10.1 Å². The summed E-state index contributed by atoms with van der Waals surface area (Å²) in [5, 5.41) is 0. The predicted molar refractivity (Wildman–Crippen MR) is 75.3 cm³/mol. The van der Waals surface area contributed by atoms with Crippen LogP contribution in [0.25, 0.3) is 6.08 Å². The van der Waals surface area contributed by atoms with Gasteiger partial charge < -0.3 is 4.90 Å². The molecule has 0 saturated heterocycles. The number of nitrogens with zero attached hydrogens (tertiary/aromatic N) is 1. The van der Waals surface area contributed by atoms with Gasteiger partial charge >= 0.3 is 0 Å². The molecule has 0 aliphatic carbocycles. The molecule has 0 spiro atoms. The number of rotatable bonds is 3. The van der Waals surface area contributed by atoms with Crippen molar-refractivity contribution in [2.45, 2.75) is 0 Å². The fraction of sp³-hybridized carbons (Fsp3) is 0.0625. The smallest absolute Gasteiger partial charge is 0.250 e. The van der Waals surface area contributed by atoms with Crippen LogP contribution in [-0.4, -0.2) is 13.0 Å². The monoisotopic (exact) mass is 255 g/mol. The summed E-state index contributed by atoms with van der Waals surface area (Å²) in [5.74, 6) is -0.416. The maximum Gasteiger partial charge on any atom is 0.250 e. The summed E-state index contributed by atoms with van der Waals surface area (Å²) in [6, 6.07) is 15.4. The number of carbonyl (C=O) groups is 1. The second-order valence-corrected chi connectivity index (χ2v) is 4.12. The molecule has 2 rings (SSSR count). The fourth-order valence-electron chi connectivity index (χ4n) is 1.63. The number of likely N-dealkylation sites (N-methyl/N-ethyl adjacent to an activating group) is 1. The van der Waals surface area contributed by atoms with Crippen LogP contribution in [0.15, 0.2) is 60.7 Å². The summed E-state index contributed by atoms with van der Waals surface area (Å²) < 4.78 is 12.7. The van der Waals surface area contributed by atoms with Crippen LogP contribution < -0.4 is 4.90 Å². The third-order valence-corrected chi connectivity index (χ3v) is 2.76. The third-order valence-electron chi connectivity index (χ3n) is 2.76. The molecule has 0 aliphatic heterocycles. The Balaban J connectivity index is 2.07. The molecule has 0 unspecified atom stereocenters. The van der Waals surface area contributed by atoms with Gasteiger partial charge in [0.2, 0.25) is 0 Å². The lowest BCUT2D eigenvalue weighted by Gasteiger charge is -2.14. The van der Waals surface area contributed by atoms with Crippen molar-refractivity contribution in [3.05, 3.63) is 72.1 Å². The Morgan fingerprint density at radius 3 is 2.32 bits per heavy atom. The second-order valence-electron chi connectivity index (χ2n) is 4.12. The number of benzene rings is 2. The van der Waals surface area contributed by atoms with Crippen molar-refractivity contribution in [3.8, 4) is 0 Å². The second kappa shape index (κ2) is 5.96. The molecule has 0 fully saturated rings. The normalized spacial score (nSPS) is 10.6. The van der Waals surface area contributed by atoms with Gasteiger partial charge in [-0.25, -0.2) is 4.39 Å². The summed E-state index contributed by atoms with van der Waals surface area (Å²) in [6.07, 6.45) is 3.14. The molecule has 2 aromatic carbocycles. The highest BCUT2D eigenvalue weighted by Crippen LogP contribution is 2.12. The number of halogens is 1. The molecule has 2 aromatic rings. The average molecular weight is 255 g/mol. The van der Waals surface area contributed by atoms with Crippen molar-refractivity contribution in [2.75, 3.05) is 11.9 Å². The van der Waals surface area contributed by atoms with Gasteiger partial charge in [-0.2, -0.15) is 0 Å². The number of carbonyl (C=O) groups excluding carboxylic acids is 1. The lowest BCUT2D eigenvalue weighted by atomic mass is 10.2. The Hall–Kier alpha value is -2.42. The predicted octanol–water partition coefficient (Wildman–Crippen LogP) is 3.50. The van der Waals surface area contributed by atoms with Gasteiger partial charge in [0.15, 0.2) is 0 Å². The fourth-order valence-corrected chi connectivity index (χ4v) is 1.63. The van der Waals surface area contributed by atoms with Crippen LogP contribution in [0.1, 0.15) is 5.56 Å². The van der Waals surface area contributed by atoms with E-state index >= 15 is 0 Å². The first-order valence-corrected chi connectivity index (χ1v) is 5.93. The van der Waals surface area contributed by atoms with Gasteiger partial charge in [-0.3, -0.25) is 4.79 Å². The molecule has 0 radical (unpaired) electrons. The number of hydrogen-bond donors (Lipinski definition) is 0. The zero-order valence-electron chi connectivity index (χ0n) is 10.6. The van der Waals surface area contributed by atoms with Crippen LogP contribution in [0, 0.1) is 5.82 Å². The quantitative estimate of drug-likeness (QED) is 0.769. The molecule has 1 amide bonds. The summed E-state index contributed by atoms with van der Waals surface area (Å²) >= 11 is 0. The standard InChI is InChI=1S/C16H14FNO/c1-18(15-5-3-2-4-6-15)16(19)12-9-13-7-10-14(17)11-8-13/h2-12H,1H3/b12-9+. The van der Waals surface area contributed by atoms with E-state index in [0.29, 0.717) is 0 Å². The summed E-state index contributed by atoms with van der Waals surface area (Å²) in [6.45, 7) is 0. The van der Waals surface area contributed by atoms with E-state index in [1.807, 2.05) is 30.3 Å². The highest BCUT2D eigenvalue weighted by atomic mass is 19.1. The molecular weight excluding hydrogens is 241 g/mol. The summed E-state index contributed by atoms with van der Waals surface area (Å²) in [4.78, 5) is 13.5. The number of amides is 1. The van der Waals surface area contributed by atoms with E-state index < -0.39 is 0 Å². The molecule has 0 aromatic heterocycles. The Morgan fingerprint density at radius 1 is 1.05 bits per heavy atom. The van der Waals surface area contributed by atoms with Crippen LogP contribution in [-0.2, 0) is 4.79 Å². The van der Waals surface area contributed by atoms with Crippen LogP contribution in [0.2, 0.25) is 0 Å². The van der Waals surface area contributed by atoms with Crippen molar-refractivity contribution < 1.29 is 9.18 Å².